The van der Waals surface area contributed by atoms with E-state index in [0.717, 1.165) is 9.88 Å². The average molecular weight is 531 g/mol. The molecule has 4 heterocycles. The van der Waals surface area contributed by atoms with Gasteiger partial charge in [0.15, 0.2) is 5.01 Å². The van der Waals surface area contributed by atoms with Gasteiger partial charge in [0.05, 0.1) is 15.5 Å². The molecule has 0 atom stereocenters. The van der Waals surface area contributed by atoms with E-state index in [2.05, 4.69) is 20.3 Å². The normalized spacial score (nSPS) is 15.5. The Morgan fingerprint density at radius 2 is 1.86 bits per heavy atom. The number of aromatic nitrogens is 3. The van der Waals surface area contributed by atoms with Crippen LogP contribution in [-0.4, -0.2) is 64.3 Å². The van der Waals surface area contributed by atoms with Gasteiger partial charge < -0.3 is 5.32 Å². The van der Waals surface area contributed by atoms with Gasteiger partial charge in [-0.3, -0.25) is 14.5 Å². The molecule has 35 heavy (non-hydrogen) atoms. The Hall–Kier alpha value is -2.97. The van der Waals surface area contributed by atoms with Gasteiger partial charge in [0.25, 0.3) is 5.56 Å². The number of amides is 1. The first-order chi connectivity index (χ1) is 16.8. The highest BCUT2D eigenvalue weighted by Gasteiger charge is 2.28. The van der Waals surface area contributed by atoms with Crippen LogP contribution in [0.15, 0.2) is 57.5 Å². The maximum atomic E-state index is 13.0. The Morgan fingerprint density at radius 3 is 2.51 bits per heavy atom. The highest BCUT2D eigenvalue weighted by molar-refractivity contribution is 7.89. The van der Waals surface area contributed by atoms with Crippen LogP contribution in [0.3, 0.4) is 0 Å². The molecule has 1 N–H and O–H groups in total. The highest BCUT2D eigenvalue weighted by atomic mass is 32.2. The number of carbonyl (C=O) groups excluding carboxylic acids is 1. The third kappa shape index (κ3) is 5.04. The van der Waals surface area contributed by atoms with Crippen LogP contribution in [0.4, 0.5) is 5.69 Å². The molecule has 4 aromatic rings. The van der Waals surface area contributed by atoms with Gasteiger partial charge in [-0.2, -0.15) is 13.9 Å². The first-order valence-corrected chi connectivity index (χ1v) is 14.0. The molecule has 182 valence electrons. The number of benzene rings is 1. The molecule has 1 aliphatic rings. The number of fused-ring (bicyclic) bond motifs is 1. The molecule has 3 aromatic heterocycles. The van der Waals surface area contributed by atoms with Gasteiger partial charge in [0.1, 0.15) is 0 Å². The fourth-order valence-electron chi connectivity index (χ4n) is 3.86. The van der Waals surface area contributed by atoms with E-state index in [1.807, 2.05) is 17.5 Å². The average Bonchev–Trinajstić information content (AvgIpc) is 3.50. The highest BCUT2D eigenvalue weighted by Crippen LogP contribution is 2.28. The number of carbonyl (C=O) groups is 1. The predicted molar refractivity (Wildman–Crippen MR) is 135 cm³/mol. The quantitative estimate of drug-likeness (QED) is 0.407. The van der Waals surface area contributed by atoms with Crippen LogP contribution in [0.2, 0.25) is 0 Å². The molecule has 5 rings (SSSR count). The van der Waals surface area contributed by atoms with E-state index >= 15 is 0 Å². The number of sulfonamides is 1. The lowest BCUT2D eigenvalue weighted by Crippen LogP contribution is -2.48. The first kappa shape index (κ1) is 23.8. The summed E-state index contributed by atoms with van der Waals surface area (Å²) in [4.78, 5) is 32.2. The molecule has 0 spiro atoms. The van der Waals surface area contributed by atoms with E-state index in [1.54, 1.807) is 23.5 Å². The Labute approximate surface area is 209 Å². The molecular formula is C22H22N6O4S3. The van der Waals surface area contributed by atoms with Gasteiger partial charge in [0.2, 0.25) is 20.9 Å². The third-order valence-corrected chi connectivity index (χ3v) is 9.42. The molecule has 0 aliphatic carbocycles. The molecule has 1 aliphatic heterocycles. The zero-order valence-corrected chi connectivity index (χ0v) is 21.2. The zero-order valence-electron chi connectivity index (χ0n) is 18.7. The second-order valence-corrected chi connectivity index (χ2v) is 11.9. The summed E-state index contributed by atoms with van der Waals surface area (Å²) in [5.74, 6) is -0.216. The summed E-state index contributed by atoms with van der Waals surface area (Å²) in [5, 5.41) is 9.74. The molecule has 10 nitrogen and oxygen atoms in total. The van der Waals surface area contributed by atoms with Gasteiger partial charge in [0, 0.05) is 51.4 Å². The van der Waals surface area contributed by atoms with Crippen molar-refractivity contribution < 1.29 is 13.2 Å². The maximum absolute atomic E-state index is 13.0. The second kappa shape index (κ2) is 9.59. The van der Waals surface area contributed by atoms with E-state index in [-0.39, 0.29) is 16.4 Å². The van der Waals surface area contributed by atoms with Gasteiger partial charge in [-0.05, 0) is 35.7 Å². The van der Waals surface area contributed by atoms with E-state index in [0.29, 0.717) is 49.1 Å². The lowest BCUT2D eigenvalue weighted by molar-refractivity contribution is -0.114. The fourth-order valence-corrected chi connectivity index (χ4v) is 6.99. The first-order valence-electron chi connectivity index (χ1n) is 10.8. The second-order valence-electron chi connectivity index (χ2n) is 8.05. The minimum absolute atomic E-state index is 0.187. The van der Waals surface area contributed by atoms with Gasteiger partial charge >= 0.3 is 0 Å². The number of piperazine rings is 1. The maximum Gasteiger partial charge on any atom is 0.275 e. The van der Waals surface area contributed by atoms with Crippen molar-refractivity contribution in [3.05, 3.63) is 63.9 Å². The topological polar surface area (TPSA) is 117 Å². The van der Waals surface area contributed by atoms with Crippen molar-refractivity contribution in [2.75, 3.05) is 31.5 Å². The molecule has 0 unspecified atom stereocenters. The van der Waals surface area contributed by atoms with E-state index in [1.165, 1.54) is 45.3 Å². The molecule has 1 aromatic carbocycles. The van der Waals surface area contributed by atoms with Crippen LogP contribution in [-0.2, 0) is 21.4 Å². The predicted octanol–water partition coefficient (Wildman–Crippen LogP) is 2.34. The lowest BCUT2D eigenvalue weighted by Gasteiger charge is -2.33. The van der Waals surface area contributed by atoms with Crippen LogP contribution in [0.5, 0.6) is 0 Å². The summed E-state index contributed by atoms with van der Waals surface area (Å²) in [7, 11) is -3.64. The van der Waals surface area contributed by atoms with E-state index < -0.39 is 10.0 Å². The molecule has 1 amide bonds. The molecule has 1 fully saturated rings. The largest absolute Gasteiger partial charge is 0.326 e. The summed E-state index contributed by atoms with van der Waals surface area (Å²) in [6.07, 6.45) is 0. The van der Waals surface area contributed by atoms with E-state index in [4.69, 9.17) is 0 Å². The SMILES string of the molecule is CC(=O)Nc1ccc(S(=O)(=O)N2CCN(Cc3cc(=O)n4nc(-c5cccs5)sc4n3)CC2)cc1. The van der Waals surface area contributed by atoms with E-state index in [9.17, 15) is 18.0 Å². The summed E-state index contributed by atoms with van der Waals surface area (Å²) in [5.41, 5.74) is 0.958. The summed E-state index contributed by atoms with van der Waals surface area (Å²) in [6.45, 7) is 3.56. The Kier molecular flexibility index (Phi) is 6.51. The van der Waals surface area contributed by atoms with Crippen molar-refractivity contribution in [1.82, 2.24) is 23.8 Å². The standard InChI is InChI=1S/C22H22N6O4S3/c1-15(29)23-16-4-6-18(7-5-16)35(31,32)27-10-8-26(9-11-27)14-17-13-20(30)28-22(24-17)34-21(25-28)19-3-2-12-33-19/h2-7,12-13H,8-11,14H2,1H3,(H,23,29). The summed E-state index contributed by atoms with van der Waals surface area (Å²) >= 11 is 2.93. The number of rotatable bonds is 6. The Bertz CT molecular complexity index is 1520. The number of nitrogens with zero attached hydrogens (tertiary/aromatic N) is 5. The van der Waals surface area contributed by atoms with Crippen molar-refractivity contribution in [3.8, 4) is 9.88 Å². The Morgan fingerprint density at radius 1 is 1.11 bits per heavy atom. The number of nitrogens with one attached hydrogen (secondary N) is 1. The minimum Gasteiger partial charge on any atom is -0.326 e. The number of thiophene rings is 1. The fraction of sp³-hybridized carbons (Fsp3) is 0.273. The van der Waals surface area contributed by atoms with Crippen molar-refractivity contribution >= 4 is 49.3 Å². The molecule has 0 saturated carbocycles. The van der Waals surface area contributed by atoms with Crippen molar-refractivity contribution in [2.45, 2.75) is 18.4 Å². The van der Waals surface area contributed by atoms with Gasteiger partial charge in [-0.1, -0.05) is 17.4 Å². The van der Waals surface area contributed by atoms with Crippen molar-refractivity contribution in [2.24, 2.45) is 0 Å². The van der Waals surface area contributed by atoms with Gasteiger partial charge in [-0.25, -0.2) is 13.4 Å². The van der Waals surface area contributed by atoms with Crippen molar-refractivity contribution in [1.29, 1.82) is 0 Å². The summed E-state index contributed by atoms with van der Waals surface area (Å²) in [6, 6.07) is 11.5. The molecule has 0 radical (unpaired) electrons. The number of hydrogen-bond acceptors (Lipinski definition) is 9. The lowest BCUT2D eigenvalue weighted by atomic mass is 10.3. The van der Waals surface area contributed by atoms with Crippen LogP contribution in [0.1, 0.15) is 12.6 Å². The number of hydrogen-bond donors (Lipinski definition) is 1. The summed E-state index contributed by atoms with van der Waals surface area (Å²) < 4.78 is 28.9. The smallest absolute Gasteiger partial charge is 0.275 e. The molecule has 13 heteroatoms. The minimum atomic E-state index is -3.64. The van der Waals surface area contributed by atoms with Gasteiger partial charge in [-0.15, -0.1) is 11.3 Å². The third-order valence-electron chi connectivity index (χ3n) is 5.56. The number of anilines is 1. The molecular weight excluding hydrogens is 508 g/mol. The Balaban J connectivity index is 1.25. The van der Waals surface area contributed by atoms with Crippen LogP contribution < -0.4 is 10.9 Å². The zero-order chi connectivity index (χ0) is 24.6. The monoisotopic (exact) mass is 530 g/mol. The molecule has 0 bridgehead atoms. The van der Waals surface area contributed by atoms with Crippen LogP contribution >= 0.6 is 22.7 Å². The van der Waals surface area contributed by atoms with Crippen LogP contribution in [0, 0.1) is 0 Å². The molecule has 1 saturated heterocycles. The van der Waals surface area contributed by atoms with Crippen LogP contribution in [0.25, 0.3) is 14.8 Å². The van der Waals surface area contributed by atoms with Crippen molar-refractivity contribution in [3.63, 3.8) is 0 Å².